The molecule has 0 aromatic carbocycles. The summed E-state index contributed by atoms with van der Waals surface area (Å²) in [4.78, 5) is 10.9. The van der Waals surface area contributed by atoms with Crippen LogP contribution in [0.15, 0.2) is 12.3 Å². The molecule has 0 aliphatic heterocycles. The van der Waals surface area contributed by atoms with Crippen LogP contribution in [0, 0.1) is 0 Å². The number of aryl methyl sites for hydroxylation is 1. The topological polar surface area (TPSA) is 64.4 Å². The van der Waals surface area contributed by atoms with Crippen molar-refractivity contribution in [3.63, 3.8) is 0 Å². The van der Waals surface area contributed by atoms with Gasteiger partial charge in [-0.2, -0.15) is 5.10 Å². The summed E-state index contributed by atoms with van der Waals surface area (Å²) in [5.74, 6) is -0.441. The summed E-state index contributed by atoms with van der Waals surface area (Å²) >= 11 is 0. The largest absolute Gasteiger partial charge is 0.469 e. The molecule has 0 aliphatic rings. The molecule has 1 heterocycles. The Morgan fingerprint density at radius 2 is 2.50 bits per heavy atom. The zero-order chi connectivity index (χ0) is 10.6. The third kappa shape index (κ3) is 2.56. The summed E-state index contributed by atoms with van der Waals surface area (Å²) < 4.78 is 6.13. The van der Waals surface area contributed by atoms with Crippen molar-refractivity contribution in [3.8, 4) is 0 Å². The Morgan fingerprint density at radius 3 is 3.00 bits per heavy atom. The van der Waals surface area contributed by atoms with E-state index in [0.29, 0.717) is 5.69 Å². The lowest BCUT2D eigenvalue weighted by Crippen LogP contribution is -2.09. The van der Waals surface area contributed by atoms with Crippen LogP contribution < -0.4 is 0 Å². The Balaban J connectivity index is 2.60. The van der Waals surface area contributed by atoms with E-state index in [1.807, 2.05) is 6.92 Å². The predicted molar refractivity (Wildman–Crippen MR) is 49.5 cm³/mol. The highest BCUT2D eigenvalue weighted by atomic mass is 16.5. The number of methoxy groups -OCH3 is 1. The van der Waals surface area contributed by atoms with Crippen LogP contribution >= 0.6 is 0 Å². The molecule has 1 rings (SSSR count). The highest BCUT2D eigenvalue weighted by Crippen LogP contribution is 2.14. The summed E-state index contributed by atoms with van der Waals surface area (Å²) in [7, 11) is 1.29. The van der Waals surface area contributed by atoms with E-state index in [9.17, 15) is 9.90 Å². The van der Waals surface area contributed by atoms with Crippen LogP contribution in [-0.4, -0.2) is 28.0 Å². The standard InChI is InChI=1S/C9H14N2O3/c1-3-11-5-4-7(10-11)8(12)6-9(13)14-2/h4-5,8,12H,3,6H2,1-2H3. The molecule has 1 atom stereocenters. The number of hydrogen-bond donors (Lipinski definition) is 1. The molecular weight excluding hydrogens is 184 g/mol. The lowest BCUT2D eigenvalue weighted by atomic mass is 10.2. The van der Waals surface area contributed by atoms with Crippen molar-refractivity contribution in [1.29, 1.82) is 0 Å². The van der Waals surface area contributed by atoms with Gasteiger partial charge in [-0.1, -0.05) is 0 Å². The summed E-state index contributed by atoms with van der Waals surface area (Å²) in [5, 5.41) is 13.6. The van der Waals surface area contributed by atoms with Gasteiger partial charge in [0.15, 0.2) is 0 Å². The van der Waals surface area contributed by atoms with Crippen molar-refractivity contribution in [3.05, 3.63) is 18.0 Å². The highest BCUT2D eigenvalue weighted by molar-refractivity contribution is 5.69. The first-order chi connectivity index (χ1) is 6.67. The van der Waals surface area contributed by atoms with Crippen molar-refractivity contribution >= 4 is 5.97 Å². The normalized spacial score (nSPS) is 12.5. The van der Waals surface area contributed by atoms with Gasteiger partial charge in [-0.3, -0.25) is 9.48 Å². The number of rotatable bonds is 4. The maximum atomic E-state index is 10.9. The third-order valence-corrected chi connectivity index (χ3v) is 1.91. The second-order valence-corrected chi connectivity index (χ2v) is 2.89. The van der Waals surface area contributed by atoms with E-state index in [0.717, 1.165) is 6.54 Å². The van der Waals surface area contributed by atoms with E-state index in [1.165, 1.54) is 7.11 Å². The van der Waals surface area contributed by atoms with Gasteiger partial charge in [0.25, 0.3) is 0 Å². The average molecular weight is 198 g/mol. The van der Waals surface area contributed by atoms with Crippen molar-refractivity contribution in [2.45, 2.75) is 26.0 Å². The molecule has 1 aromatic rings. The fraction of sp³-hybridized carbons (Fsp3) is 0.556. The van der Waals surface area contributed by atoms with Gasteiger partial charge in [0, 0.05) is 12.7 Å². The monoisotopic (exact) mass is 198 g/mol. The van der Waals surface area contributed by atoms with E-state index < -0.39 is 12.1 Å². The Kier molecular flexibility index (Phi) is 3.64. The maximum absolute atomic E-state index is 10.9. The number of aliphatic hydroxyl groups excluding tert-OH is 1. The Labute approximate surface area is 82.3 Å². The average Bonchev–Trinajstić information content (AvgIpc) is 2.65. The Morgan fingerprint density at radius 1 is 1.79 bits per heavy atom. The van der Waals surface area contributed by atoms with Gasteiger partial charge in [-0.05, 0) is 13.0 Å². The predicted octanol–water partition coefficient (Wildman–Crippen LogP) is 0.499. The first kappa shape index (κ1) is 10.7. The zero-order valence-corrected chi connectivity index (χ0v) is 8.30. The zero-order valence-electron chi connectivity index (χ0n) is 8.30. The molecule has 0 saturated carbocycles. The molecule has 14 heavy (non-hydrogen) atoms. The van der Waals surface area contributed by atoms with Crippen LogP contribution in [0.2, 0.25) is 0 Å². The van der Waals surface area contributed by atoms with E-state index in [4.69, 9.17) is 0 Å². The van der Waals surface area contributed by atoms with Crippen molar-refractivity contribution < 1.29 is 14.6 Å². The first-order valence-electron chi connectivity index (χ1n) is 4.45. The van der Waals surface area contributed by atoms with Crippen molar-refractivity contribution in [2.24, 2.45) is 0 Å². The fourth-order valence-corrected chi connectivity index (χ4v) is 1.08. The number of hydrogen-bond acceptors (Lipinski definition) is 4. The van der Waals surface area contributed by atoms with Gasteiger partial charge < -0.3 is 9.84 Å². The van der Waals surface area contributed by atoms with E-state index in [-0.39, 0.29) is 6.42 Å². The number of carbonyl (C=O) groups excluding carboxylic acids is 1. The summed E-state index contributed by atoms with van der Waals surface area (Å²) in [6, 6.07) is 1.69. The second-order valence-electron chi connectivity index (χ2n) is 2.89. The molecule has 1 N–H and O–H groups in total. The number of nitrogens with zero attached hydrogens (tertiary/aromatic N) is 2. The smallest absolute Gasteiger partial charge is 0.308 e. The molecule has 1 aromatic heterocycles. The number of esters is 1. The van der Waals surface area contributed by atoms with E-state index >= 15 is 0 Å². The molecule has 0 aliphatic carbocycles. The summed E-state index contributed by atoms with van der Waals surface area (Å²) in [5.41, 5.74) is 0.497. The molecule has 5 nitrogen and oxygen atoms in total. The summed E-state index contributed by atoms with van der Waals surface area (Å²) in [6.07, 6.45) is 0.822. The van der Waals surface area contributed by atoms with Gasteiger partial charge in [-0.25, -0.2) is 0 Å². The molecule has 0 fully saturated rings. The molecule has 0 amide bonds. The molecule has 1 unspecified atom stereocenters. The lowest BCUT2D eigenvalue weighted by Gasteiger charge is -2.05. The molecule has 5 heteroatoms. The second kappa shape index (κ2) is 4.76. The lowest BCUT2D eigenvalue weighted by molar-refractivity contribution is -0.142. The first-order valence-corrected chi connectivity index (χ1v) is 4.45. The van der Waals surface area contributed by atoms with Crippen LogP contribution in [0.25, 0.3) is 0 Å². The van der Waals surface area contributed by atoms with Gasteiger partial charge >= 0.3 is 5.97 Å². The minimum Gasteiger partial charge on any atom is -0.469 e. The minimum atomic E-state index is -0.879. The van der Waals surface area contributed by atoms with Gasteiger partial charge in [-0.15, -0.1) is 0 Å². The van der Waals surface area contributed by atoms with E-state index in [1.54, 1.807) is 16.9 Å². The Bertz CT molecular complexity index is 309. The van der Waals surface area contributed by atoms with Crippen molar-refractivity contribution in [2.75, 3.05) is 7.11 Å². The Hall–Kier alpha value is -1.36. The van der Waals surface area contributed by atoms with Crippen LogP contribution in [-0.2, 0) is 16.1 Å². The SMILES string of the molecule is CCn1ccc(C(O)CC(=O)OC)n1. The van der Waals surface area contributed by atoms with Gasteiger partial charge in [0.05, 0.1) is 19.2 Å². The quantitative estimate of drug-likeness (QED) is 0.715. The van der Waals surface area contributed by atoms with E-state index in [2.05, 4.69) is 9.84 Å². The molecule has 0 saturated heterocycles. The third-order valence-electron chi connectivity index (χ3n) is 1.91. The van der Waals surface area contributed by atoms with Crippen LogP contribution in [0.3, 0.4) is 0 Å². The molecule has 0 spiro atoms. The number of aliphatic hydroxyl groups is 1. The molecule has 0 bridgehead atoms. The van der Waals surface area contributed by atoms with Crippen LogP contribution in [0.5, 0.6) is 0 Å². The number of carbonyl (C=O) groups is 1. The highest BCUT2D eigenvalue weighted by Gasteiger charge is 2.15. The minimum absolute atomic E-state index is 0.0583. The van der Waals surface area contributed by atoms with Crippen LogP contribution in [0.4, 0.5) is 0 Å². The molecule has 0 radical (unpaired) electrons. The molecular formula is C9H14N2O3. The van der Waals surface area contributed by atoms with Gasteiger partial charge in [0.2, 0.25) is 0 Å². The fourth-order valence-electron chi connectivity index (χ4n) is 1.08. The van der Waals surface area contributed by atoms with Crippen molar-refractivity contribution in [1.82, 2.24) is 9.78 Å². The number of ether oxygens (including phenoxy) is 1. The maximum Gasteiger partial charge on any atom is 0.308 e. The summed E-state index contributed by atoms with van der Waals surface area (Å²) in [6.45, 7) is 2.69. The molecule has 78 valence electrons. The van der Waals surface area contributed by atoms with Crippen LogP contribution in [0.1, 0.15) is 25.1 Å². The number of aromatic nitrogens is 2. The van der Waals surface area contributed by atoms with Gasteiger partial charge in [0.1, 0.15) is 6.10 Å².